The summed E-state index contributed by atoms with van der Waals surface area (Å²) in [5.74, 6) is 1.91. The topological polar surface area (TPSA) is 108 Å². The van der Waals surface area contributed by atoms with Gasteiger partial charge in [-0.25, -0.2) is 9.97 Å². The molecule has 2 aromatic rings. The van der Waals surface area contributed by atoms with Gasteiger partial charge in [-0.3, -0.25) is 9.89 Å². The minimum Gasteiger partial charge on any atom is -0.357 e. The number of nitrogens with zero attached hydrogens (tertiary/aromatic N) is 3. The van der Waals surface area contributed by atoms with E-state index in [-0.39, 0.29) is 6.04 Å². The Hall–Kier alpha value is -2.48. The molecule has 1 aliphatic rings. The van der Waals surface area contributed by atoms with Crippen LogP contribution in [0.25, 0.3) is 0 Å². The molecule has 8 heteroatoms. The largest absolute Gasteiger partial charge is 0.357 e. The summed E-state index contributed by atoms with van der Waals surface area (Å²) < 4.78 is 0. The van der Waals surface area contributed by atoms with Crippen LogP contribution >= 0.6 is 0 Å². The van der Waals surface area contributed by atoms with Crippen LogP contribution in [0.5, 0.6) is 0 Å². The average molecular weight is 345 g/mol. The molecule has 0 bridgehead atoms. The van der Waals surface area contributed by atoms with E-state index in [2.05, 4.69) is 42.2 Å². The summed E-state index contributed by atoms with van der Waals surface area (Å²) in [5, 5.41) is 16.3. The summed E-state index contributed by atoms with van der Waals surface area (Å²) in [6, 6.07) is 4.75. The molecule has 0 spiro atoms. The molecule has 2 unspecified atom stereocenters. The first-order valence-electron chi connectivity index (χ1n) is 8.58. The van der Waals surface area contributed by atoms with Gasteiger partial charge in [-0.2, -0.15) is 5.10 Å². The van der Waals surface area contributed by atoms with Crippen molar-refractivity contribution in [2.24, 2.45) is 0 Å². The molecule has 8 nitrogen and oxygen atoms in total. The number of rotatable bonds is 6. The van der Waals surface area contributed by atoms with E-state index >= 15 is 0 Å². The van der Waals surface area contributed by atoms with Crippen molar-refractivity contribution in [1.82, 2.24) is 30.8 Å². The highest BCUT2D eigenvalue weighted by Gasteiger charge is 2.26. The van der Waals surface area contributed by atoms with Gasteiger partial charge < -0.3 is 16.0 Å². The monoisotopic (exact) mass is 345 g/mol. The molecular formula is C17H27N7O. The molecule has 2 heterocycles. The van der Waals surface area contributed by atoms with Crippen molar-refractivity contribution >= 4 is 18.2 Å². The first kappa shape index (κ1) is 18.9. The van der Waals surface area contributed by atoms with Crippen molar-refractivity contribution in [1.29, 1.82) is 0 Å². The standard InChI is InChI=1S/C13H18N6.C4H9NO/c1-14-10-4-3-9(7-10)11-8-12(19-18-11)17-13-15-5-2-6-16-13;1-4(2)5-3-6/h2,5-6,8-10,14H,3-4,7H2,1H3,(H2,15,16,17,18,19);3-4H,1-2H3,(H,5,6). The second-order valence-electron chi connectivity index (χ2n) is 6.34. The quantitative estimate of drug-likeness (QED) is 0.596. The third kappa shape index (κ3) is 6.15. The number of hydrogen-bond donors (Lipinski definition) is 4. The summed E-state index contributed by atoms with van der Waals surface area (Å²) in [6.45, 7) is 3.82. The van der Waals surface area contributed by atoms with Crippen molar-refractivity contribution < 1.29 is 4.79 Å². The predicted octanol–water partition coefficient (Wildman–Crippen LogP) is 1.94. The Kier molecular flexibility index (Phi) is 7.34. The number of amides is 1. The van der Waals surface area contributed by atoms with Crippen LogP contribution in [0.4, 0.5) is 11.8 Å². The fraction of sp³-hybridized carbons (Fsp3) is 0.529. The number of aromatic amines is 1. The smallest absolute Gasteiger partial charge is 0.228 e. The number of hydrogen-bond acceptors (Lipinski definition) is 6. The third-order valence-electron chi connectivity index (χ3n) is 4.09. The van der Waals surface area contributed by atoms with Crippen LogP contribution in [-0.2, 0) is 4.79 Å². The third-order valence-corrected chi connectivity index (χ3v) is 4.09. The highest BCUT2D eigenvalue weighted by atomic mass is 16.1. The highest BCUT2D eigenvalue weighted by Crippen LogP contribution is 2.34. The minimum atomic E-state index is 0.280. The van der Waals surface area contributed by atoms with Crippen molar-refractivity contribution in [3.63, 3.8) is 0 Å². The molecule has 0 aromatic carbocycles. The van der Waals surface area contributed by atoms with Gasteiger partial charge in [-0.15, -0.1) is 0 Å². The van der Waals surface area contributed by atoms with Crippen molar-refractivity contribution in [2.75, 3.05) is 12.4 Å². The van der Waals surface area contributed by atoms with Gasteiger partial charge in [0, 0.05) is 42.2 Å². The van der Waals surface area contributed by atoms with Crippen LogP contribution in [0.2, 0.25) is 0 Å². The number of aromatic nitrogens is 4. The van der Waals surface area contributed by atoms with Gasteiger partial charge in [0.25, 0.3) is 0 Å². The van der Waals surface area contributed by atoms with Gasteiger partial charge in [0.05, 0.1) is 0 Å². The Morgan fingerprint density at radius 1 is 1.28 bits per heavy atom. The zero-order valence-corrected chi connectivity index (χ0v) is 15.0. The number of anilines is 2. The van der Waals surface area contributed by atoms with E-state index in [0.717, 1.165) is 5.82 Å². The van der Waals surface area contributed by atoms with E-state index in [4.69, 9.17) is 0 Å². The molecule has 4 N–H and O–H groups in total. The van der Waals surface area contributed by atoms with Gasteiger partial charge in [-0.05, 0) is 46.2 Å². The maximum atomic E-state index is 9.50. The zero-order valence-electron chi connectivity index (χ0n) is 15.0. The SMILES string of the molecule is CC(C)NC=O.CNC1CCC(c2cc(Nc3ncccn3)n[nH]2)C1. The van der Waals surface area contributed by atoms with Gasteiger partial charge in [0.2, 0.25) is 12.4 Å². The van der Waals surface area contributed by atoms with E-state index in [1.54, 1.807) is 18.5 Å². The normalized spacial score (nSPS) is 19.2. The first-order valence-corrected chi connectivity index (χ1v) is 8.58. The Balaban J connectivity index is 0.000000326. The molecule has 136 valence electrons. The van der Waals surface area contributed by atoms with Crippen LogP contribution in [0.1, 0.15) is 44.7 Å². The lowest BCUT2D eigenvalue weighted by atomic mass is 10.0. The van der Waals surface area contributed by atoms with Gasteiger partial charge in [0.15, 0.2) is 5.82 Å². The van der Waals surface area contributed by atoms with Crippen molar-refractivity contribution in [3.05, 3.63) is 30.2 Å². The Bertz CT molecular complexity index is 629. The second kappa shape index (κ2) is 9.73. The maximum absolute atomic E-state index is 9.50. The van der Waals surface area contributed by atoms with E-state index in [9.17, 15) is 4.79 Å². The molecule has 0 radical (unpaired) electrons. The summed E-state index contributed by atoms with van der Waals surface area (Å²) in [6.07, 6.45) is 7.71. The average Bonchev–Trinajstić information content (AvgIpc) is 3.25. The maximum Gasteiger partial charge on any atom is 0.228 e. The molecular weight excluding hydrogens is 318 g/mol. The lowest BCUT2D eigenvalue weighted by molar-refractivity contribution is -0.109. The summed E-state index contributed by atoms with van der Waals surface area (Å²) >= 11 is 0. The molecule has 1 saturated carbocycles. The summed E-state index contributed by atoms with van der Waals surface area (Å²) in [5.41, 5.74) is 1.19. The molecule has 2 atom stereocenters. The predicted molar refractivity (Wildman–Crippen MR) is 97.7 cm³/mol. The zero-order chi connectivity index (χ0) is 18.1. The van der Waals surface area contributed by atoms with E-state index in [1.165, 1.54) is 25.0 Å². The van der Waals surface area contributed by atoms with Gasteiger partial charge in [-0.1, -0.05) is 0 Å². The summed E-state index contributed by atoms with van der Waals surface area (Å²) in [7, 11) is 2.03. The Morgan fingerprint density at radius 2 is 2.04 bits per heavy atom. The van der Waals surface area contributed by atoms with Crippen LogP contribution < -0.4 is 16.0 Å². The molecule has 0 aliphatic heterocycles. The van der Waals surface area contributed by atoms with Crippen LogP contribution in [0.3, 0.4) is 0 Å². The van der Waals surface area contributed by atoms with E-state index in [0.29, 0.717) is 24.3 Å². The van der Waals surface area contributed by atoms with Crippen LogP contribution in [0.15, 0.2) is 24.5 Å². The Labute approximate surface area is 148 Å². The molecule has 1 amide bonds. The number of H-pyrrole nitrogens is 1. The molecule has 1 aliphatic carbocycles. The first-order chi connectivity index (χ1) is 12.1. The van der Waals surface area contributed by atoms with Crippen molar-refractivity contribution in [2.45, 2.75) is 51.1 Å². The minimum absolute atomic E-state index is 0.280. The molecule has 1 fully saturated rings. The van der Waals surface area contributed by atoms with E-state index < -0.39 is 0 Å². The van der Waals surface area contributed by atoms with Crippen LogP contribution in [-0.4, -0.2) is 45.7 Å². The van der Waals surface area contributed by atoms with Crippen molar-refractivity contribution in [3.8, 4) is 0 Å². The fourth-order valence-corrected chi connectivity index (χ4v) is 2.75. The number of nitrogens with one attached hydrogen (secondary N) is 4. The summed E-state index contributed by atoms with van der Waals surface area (Å²) in [4.78, 5) is 17.7. The molecule has 25 heavy (non-hydrogen) atoms. The van der Waals surface area contributed by atoms with Crippen LogP contribution in [0, 0.1) is 0 Å². The Morgan fingerprint density at radius 3 is 2.60 bits per heavy atom. The molecule has 3 rings (SSSR count). The molecule has 2 aromatic heterocycles. The van der Waals surface area contributed by atoms with E-state index in [1.807, 2.05) is 20.9 Å². The lowest BCUT2D eigenvalue weighted by Gasteiger charge is -2.08. The second-order valence-corrected chi connectivity index (χ2v) is 6.34. The lowest BCUT2D eigenvalue weighted by Crippen LogP contribution is -2.21. The molecule has 0 saturated heterocycles. The van der Waals surface area contributed by atoms with Gasteiger partial charge in [0.1, 0.15) is 0 Å². The highest BCUT2D eigenvalue weighted by molar-refractivity contribution is 5.47. The number of carbonyl (C=O) groups excluding carboxylic acids is 1. The van der Waals surface area contributed by atoms with Gasteiger partial charge >= 0.3 is 0 Å². The number of carbonyl (C=O) groups is 1. The fourth-order valence-electron chi connectivity index (χ4n) is 2.75.